The van der Waals surface area contributed by atoms with Crippen LogP contribution in [-0.4, -0.2) is 35.8 Å². The minimum Gasteiger partial charge on any atom is -0.459 e. The highest BCUT2D eigenvalue weighted by atomic mass is 79.9. The van der Waals surface area contributed by atoms with E-state index in [9.17, 15) is 9.59 Å². The minimum absolute atomic E-state index is 0.0137. The van der Waals surface area contributed by atoms with Crippen LogP contribution in [0.2, 0.25) is 0 Å². The topological polar surface area (TPSA) is 75.7 Å². The zero-order chi connectivity index (χ0) is 18.1. The van der Waals surface area contributed by atoms with Crippen molar-refractivity contribution < 1.29 is 18.4 Å². The Balaban J connectivity index is 1.37. The highest BCUT2D eigenvalue weighted by Crippen LogP contribution is 2.27. The van der Waals surface area contributed by atoms with Gasteiger partial charge in [-0.3, -0.25) is 9.59 Å². The van der Waals surface area contributed by atoms with Gasteiger partial charge < -0.3 is 19.1 Å². The molecule has 0 atom stereocenters. The van der Waals surface area contributed by atoms with Gasteiger partial charge in [0.15, 0.2) is 11.5 Å². The summed E-state index contributed by atoms with van der Waals surface area (Å²) in [6.07, 6.45) is 2.89. The van der Waals surface area contributed by atoms with E-state index in [-0.39, 0.29) is 17.9 Å². The first-order valence-electron chi connectivity index (χ1n) is 8.43. The average molecular weight is 417 g/mol. The molecule has 6 nitrogen and oxygen atoms in total. The third kappa shape index (κ3) is 3.26. The van der Waals surface area contributed by atoms with Gasteiger partial charge >= 0.3 is 0 Å². The van der Waals surface area contributed by atoms with Gasteiger partial charge in [-0.15, -0.1) is 0 Å². The maximum absolute atomic E-state index is 12.5. The molecule has 2 aromatic heterocycles. The number of amides is 2. The molecule has 0 radical (unpaired) electrons. The molecular weight excluding hydrogens is 400 g/mol. The summed E-state index contributed by atoms with van der Waals surface area (Å²) in [5, 5.41) is 3.88. The molecule has 1 aliphatic heterocycles. The van der Waals surface area contributed by atoms with Gasteiger partial charge in [-0.25, -0.2) is 0 Å². The summed E-state index contributed by atoms with van der Waals surface area (Å²) in [4.78, 5) is 26.5. The van der Waals surface area contributed by atoms with Crippen LogP contribution < -0.4 is 5.32 Å². The van der Waals surface area contributed by atoms with Gasteiger partial charge in [-0.05, 0) is 53.0 Å². The number of hydrogen-bond acceptors (Lipinski definition) is 4. The fraction of sp³-hybridized carbons (Fsp3) is 0.263. The molecule has 0 bridgehead atoms. The van der Waals surface area contributed by atoms with Gasteiger partial charge in [0.2, 0.25) is 0 Å². The summed E-state index contributed by atoms with van der Waals surface area (Å²) < 4.78 is 11.7. The fourth-order valence-corrected chi connectivity index (χ4v) is 3.64. The quantitative estimate of drug-likeness (QED) is 0.703. The monoisotopic (exact) mass is 416 g/mol. The van der Waals surface area contributed by atoms with Crippen LogP contribution in [-0.2, 0) is 0 Å². The molecule has 134 valence electrons. The lowest BCUT2D eigenvalue weighted by Crippen LogP contribution is -2.46. The molecule has 26 heavy (non-hydrogen) atoms. The predicted molar refractivity (Wildman–Crippen MR) is 99.0 cm³/mol. The Bertz CT molecular complexity index is 940. The first kappa shape index (κ1) is 16.9. The van der Waals surface area contributed by atoms with Crippen molar-refractivity contribution in [2.24, 2.45) is 0 Å². The SMILES string of the molecule is O=C(NC1CCN(C(=O)c2ccco2)CC1)c1cc2cccc(Br)c2o1. The second-order valence-electron chi connectivity index (χ2n) is 6.29. The Morgan fingerprint density at radius 1 is 1.12 bits per heavy atom. The summed E-state index contributed by atoms with van der Waals surface area (Å²) in [7, 11) is 0. The molecule has 0 spiro atoms. The molecule has 1 aliphatic rings. The van der Waals surface area contributed by atoms with Crippen LogP contribution in [0.3, 0.4) is 0 Å². The Morgan fingerprint density at radius 3 is 2.62 bits per heavy atom. The molecule has 4 rings (SSSR count). The van der Waals surface area contributed by atoms with Crippen molar-refractivity contribution in [3.8, 4) is 0 Å². The number of carbonyl (C=O) groups excluding carboxylic acids is 2. The largest absolute Gasteiger partial charge is 0.459 e. The van der Waals surface area contributed by atoms with Crippen LogP contribution in [0.1, 0.15) is 34.0 Å². The maximum Gasteiger partial charge on any atom is 0.289 e. The van der Waals surface area contributed by atoms with Gasteiger partial charge in [0, 0.05) is 24.5 Å². The molecule has 1 aromatic carbocycles. The summed E-state index contributed by atoms with van der Waals surface area (Å²) in [5.74, 6) is 0.298. The smallest absolute Gasteiger partial charge is 0.289 e. The third-order valence-corrected chi connectivity index (χ3v) is 5.19. The van der Waals surface area contributed by atoms with E-state index in [2.05, 4.69) is 21.2 Å². The van der Waals surface area contributed by atoms with Gasteiger partial charge in [0.05, 0.1) is 10.7 Å². The first-order chi connectivity index (χ1) is 12.6. The molecule has 2 amide bonds. The molecule has 0 saturated carbocycles. The van der Waals surface area contributed by atoms with Crippen molar-refractivity contribution in [1.82, 2.24) is 10.2 Å². The van der Waals surface area contributed by atoms with Gasteiger partial charge in [0.1, 0.15) is 5.58 Å². The Kier molecular flexibility index (Phi) is 4.55. The molecule has 3 aromatic rings. The second-order valence-corrected chi connectivity index (χ2v) is 7.14. The van der Waals surface area contributed by atoms with Crippen molar-refractivity contribution in [3.05, 3.63) is 58.7 Å². The van der Waals surface area contributed by atoms with Crippen LogP contribution in [0.5, 0.6) is 0 Å². The fourth-order valence-electron chi connectivity index (χ4n) is 3.18. The number of benzene rings is 1. The third-order valence-electron chi connectivity index (χ3n) is 4.57. The molecule has 7 heteroatoms. The number of para-hydroxylation sites is 1. The van der Waals surface area contributed by atoms with Crippen LogP contribution >= 0.6 is 15.9 Å². The zero-order valence-corrected chi connectivity index (χ0v) is 15.5. The summed E-state index contributed by atoms with van der Waals surface area (Å²) in [6.45, 7) is 1.16. The number of halogens is 1. The highest BCUT2D eigenvalue weighted by Gasteiger charge is 2.26. The van der Waals surface area contributed by atoms with E-state index in [1.54, 1.807) is 23.1 Å². The number of piperidine rings is 1. The van der Waals surface area contributed by atoms with Crippen molar-refractivity contribution in [2.45, 2.75) is 18.9 Å². The van der Waals surface area contributed by atoms with Crippen LogP contribution in [0.25, 0.3) is 11.0 Å². The van der Waals surface area contributed by atoms with E-state index in [0.717, 1.165) is 9.86 Å². The Hall–Kier alpha value is -2.54. The Morgan fingerprint density at radius 2 is 1.92 bits per heavy atom. The predicted octanol–water partition coefficient (Wildman–Crippen LogP) is 3.82. The number of likely N-dealkylation sites (tertiary alicyclic amines) is 1. The lowest BCUT2D eigenvalue weighted by atomic mass is 10.0. The van der Waals surface area contributed by atoms with E-state index in [1.165, 1.54) is 6.26 Å². The molecule has 3 heterocycles. The number of furan rings is 2. The standard InChI is InChI=1S/C19H17BrN2O4/c20-14-4-1-3-12-11-16(26-17(12)14)18(23)21-13-6-8-22(9-7-13)19(24)15-5-2-10-25-15/h1-5,10-11,13H,6-9H2,(H,21,23). The number of nitrogens with one attached hydrogen (secondary N) is 1. The number of fused-ring (bicyclic) bond motifs is 1. The molecule has 0 aliphatic carbocycles. The molecular formula is C19H17BrN2O4. The summed E-state index contributed by atoms with van der Waals surface area (Å²) in [5.41, 5.74) is 0.663. The lowest BCUT2D eigenvalue weighted by molar-refractivity contribution is 0.0665. The second kappa shape index (κ2) is 6.99. The number of hydrogen-bond donors (Lipinski definition) is 1. The number of rotatable bonds is 3. The summed E-state index contributed by atoms with van der Waals surface area (Å²) >= 11 is 3.42. The first-order valence-corrected chi connectivity index (χ1v) is 9.23. The van der Waals surface area contributed by atoms with Crippen molar-refractivity contribution >= 4 is 38.7 Å². The molecule has 1 fully saturated rings. The lowest BCUT2D eigenvalue weighted by Gasteiger charge is -2.31. The average Bonchev–Trinajstić information content (AvgIpc) is 3.32. The van der Waals surface area contributed by atoms with E-state index >= 15 is 0 Å². The number of nitrogens with zero attached hydrogens (tertiary/aromatic N) is 1. The van der Waals surface area contributed by atoms with E-state index in [1.807, 2.05) is 18.2 Å². The molecule has 1 saturated heterocycles. The van der Waals surface area contributed by atoms with Gasteiger partial charge in [0.25, 0.3) is 11.8 Å². The van der Waals surface area contributed by atoms with Crippen LogP contribution in [0.15, 0.2) is 56.0 Å². The molecule has 0 unspecified atom stereocenters. The van der Waals surface area contributed by atoms with Gasteiger partial charge in [-0.2, -0.15) is 0 Å². The minimum atomic E-state index is -0.232. The van der Waals surface area contributed by atoms with Crippen LogP contribution in [0, 0.1) is 0 Å². The van der Waals surface area contributed by atoms with Crippen LogP contribution in [0.4, 0.5) is 0 Å². The van der Waals surface area contributed by atoms with E-state index in [0.29, 0.717) is 43.0 Å². The van der Waals surface area contributed by atoms with E-state index < -0.39 is 0 Å². The Labute approximate surface area is 158 Å². The normalized spacial score (nSPS) is 15.3. The summed E-state index contributed by atoms with van der Waals surface area (Å²) in [6, 6.07) is 10.8. The molecule has 1 N–H and O–H groups in total. The number of carbonyl (C=O) groups is 2. The van der Waals surface area contributed by atoms with Crippen molar-refractivity contribution in [3.63, 3.8) is 0 Å². The van der Waals surface area contributed by atoms with Crippen molar-refractivity contribution in [2.75, 3.05) is 13.1 Å². The maximum atomic E-state index is 12.5. The van der Waals surface area contributed by atoms with Crippen molar-refractivity contribution in [1.29, 1.82) is 0 Å². The zero-order valence-electron chi connectivity index (χ0n) is 13.9. The van der Waals surface area contributed by atoms with Gasteiger partial charge in [-0.1, -0.05) is 12.1 Å². The highest BCUT2D eigenvalue weighted by molar-refractivity contribution is 9.10. The van der Waals surface area contributed by atoms with E-state index in [4.69, 9.17) is 8.83 Å².